The van der Waals surface area contributed by atoms with Gasteiger partial charge in [-0.15, -0.1) is 0 Å². The second-order valence-corrected chi connectivity index (χ2v) is 9.99. The minimum Gasteiger partial charge on any atom is -0.399 e. The molecule has 2 heterocycles. The maximum atomic E-state index is 13.2. The topological polar surface area (TPSA) is 101 Å². The molecule has 1 aliphatic heterocycles. The van der Waals surface area contributed by atoms with E-state index >= 15 is 0 Å². The Labute approximate surface area is 203 Å². The number of hydrogen-bond acceptors (Lipinski definition) is 9. The summed E-state index contributed by atoms with van der Waals surface area (Å²) < 4.78 is 39.5. The van der Waals surface area contributed by atoms with Crippen LogP contribution < -0.4 is 10.5 Å². The van der Waals surface area contributed by atoms with Gasteiger partial charge in [0.05, 0.1) is 21.6 Å². The molecule has 13 heteroatoms. The van der Waals surface area contributed by atoms with Gasteiger partial charge in [0.15, 0.2) is 5.13 Å². The van der Waals surface area contributed by atoms with E-state index in [1.165, 1.54) is 0 Å². The van der Waals surface area contributed by atoms with E-state index in [-0.39, 0.29) is 21.3 Å². The monoisotopic (exact) mass is 513 g/mol. The zero-order valence-electron chi connectivity index (χ0n) is 19.4. The first kappa shape index (κ1) is 25.3. The molecule has 1 aromatic carbocycles. The fourth-order valence-corrected chi connectivity index (χ4v) is 6.02. The van der Waals surface area contributed by atoms with Gasteiger partial charge in [-0.25, -0.2) is 0 Å². The SMILES string of the molecule is CON=C1CCC(CN2CCN(c3nc(=O)c4cc(C(F)(F)F)cc([N+](=O)[O-])c4s3)[C@H](C)C2)CC1. The molecule has 1 atom stereocenters. The number of piperazine rings is 1. The minimum atomic E-state index is -4.81. The van der Waals surface area contributed by atoms with Gasteiger partial charge >= 0.3 is 6.18 Å². The Morgan fingerprint density at radius 1 is 1.29 bits per heavy atom. The second-order valence-electron chi connectivity index (χ2n) is 9.01. The zero-order valence-corrected chi connectivity index (χ0v) is 20.2. The molecule has 0 bridgehead atoms. The van der Waals surface area contributed by atoms with Crippen molar-refractivity contribution in [3.8, 4) is 0 Å². The molecular formula is C22H26F3N5O4S. The van der Waals surface area contributed by atoms with Crippen molar-refractivity contribution in [1.29, 1.82) is 0 Å². The number of nitro benzene ring substituents is 1. The molecule has 1 saturated carbocycles. The number of anilines is 1. The molecule has 9 nitrogen and oxygen atoms in total. The van der Waals surface area contributed by atoms with Crippen LogP contribution in [-0.4, -0.2) is 59.8 Å². The Kier molecular flexibility index (Phi) is 7.27. The third kappa shape index (κ3) is 5.56. The molecule has 0 unspecified atom stereocenters. The van der Waals surface area contributed by atoms with Gasteiger partial charge < -0.3 is 9.74 Å². The fourth-order valence-electron chi connectivity index (χ4n) is 4.82. The van der Waals surface area contributed by atoms with Crippen molar-refractivity contribution in [1.82, 2.24) is 9.88 Å². The number of nitro groups is 1. The summed E-state index contributed by atoms with van der Waals surface area (Å²) in [6.07, 6.45) is -0.853. The molecule has 1 aromatic heterocycles. The van der Waals surface area contributed by atoms with E-state index in [1.807, 2.05) is 11.8 Å². The summed E-state index contributed by atoms with van der Waals surface area (Å²) in [7, 11) is 1.55. The number of halogens is 3. The molecule has 1 aliphatic carbocycles. The molecule has 0 spiro atoms. The van der Waals surface area contributed by atoms with E-state index in [9.17, 15) is 28.1 Å². The van der Waals surface area contributed by atoms with Crippen molar-refractivity contribution < 1.29 is 22.9 Å². The third-order valence-corrected chi connectivity index (χ3v) is 7.73. The Bertz CT molecular complexity index is 1190. The molecule has 0 radical (unpaired) electrons. The van der Waals surface area contributed by atoms with Crippen molar-refractivity contribution in [2.75, 3.05) is 38.2 Å². The molecule has 1 saturated heterocycles. The quantitative estimate of drug-likeness (QED) is 0.434. The maximum Gasteiger partial charge on any atom is 0.416 e. The van der Waals surface area contributed by atoms with E-state index in [2.05, 4.69) is 15.0 Å². The summed E-state index contributed by atoms with van der Waals surface area (Å²) >= 11 is 0.890. The van der Waals surface area contributed by atoms with E-state index in [0.29, 0.717) is 24.6 Å². The van der Waals surface area contributed by atoms with Crippen molar-refractivity contribution in [3.63, 3.8) is 0 Å². The third-order valence-electron chi connectivity index (χ3n) is 6.59. The Hall–Kier alpha value is -2.80. The Balaban J connectivity index is 1.52. The highest BCUT2D eigenvalue weighted by Gasteiger charge is 2.35. The van der Waals surface area contributed by atoms with Crippen LogP contribution in [0.25, 0.3) is 10.1 Å². The normalized spacial score (nSPS) is 21.9. The number of non-ortho nitro benzene ring substituents is 1. The lowest BCUT2D eigenvalue weighted by Gasteiger charge is -2.41. The van der Waals surface area contributed by atoms with Crippen LogP contribution in [0.2, 0.25) is 0 Å². The van der Waals surface area contributed by atoms with E-state index in [4.69, 9.17) is 4.84 Å². The molecular weight excluding hydrogens is 487 g/mol. The van der Waals surface area contributed by atoms with Crippen LogP contribution in [0, 0.1) is 16.0 Å². The first-order chi connectivity index (χ1) is 16.6. The number of hydrogen-bond donors (Lipinski definition) is 0. The van der Waals surface area contributed by atoms with Crippen LogP contribution in [-0.2, 0) is 11.0 Å². The lowest BCUT2D eigenvalue weighted by molar-refractivity contribution is -0.383. The van der Waals surface area contributed by atoms with Crippen molar-refractivity contribution >= 4 is 38.0 Å². The smallest absolute Gasteiger partial charge is 0.399 e. The van der Waals surface area contributed by atoms with Gasteiger partial charge in [-0.3, -0.25) is 19.8 Å². The summed E-state index contributed by atoms with van der Waals surface area (Å²) in [5, 5.41) is 15.5. The van der Waals surface area contributed by atoms with Crippen LogP contribution >= 0.6 is 11.3 Å². The maximum absolute atomic E-state index is 13.2. The number of oxime groups is 1. The van der Waals surface area contributed by atoms with Crippen molar-refractivity contribution in [3.05, 3.63) is 38.2 Å². The van der Waals surface area contributed by atoms with E-state index in [1.54, 1.807) is 7.11 Å². The highest BCUT2D eigenvalue weighted by Crippen LogP contribution is 2.38. The highest BCUT2D eigenvalue weighted by atomic mass is 32.1. The van der Waals surface area contributed by atoms with Gasteiger partial charge in [0, 0.05) is 38.3 Å². The lowest BCUT2D eigenvalue weighted by Crippen LogP contribution is -2.53. The first-order valence-corrected chi connectivity index (χ1v) is 12.2. The van der Waals surface area contributed by atoms with Crippen molar-refractivity contribution in [2.24, 2.45) is 11.1 Å². The minimum absolute atomic E-state index is 0.0212. The summed E-state index contributed by atoms with van der Waals surface area (Å²) in [6, 6.07) is 1.11. The van der Waals surface area contributed by atoms with Crippen LogP contribution in [0.15, 0.2) is 22.1 Å². The zero-order chi connectivity index (χ0) is 25.3. The average molecular weight is 514 g/mol. The molecule has 0 amide bonds. The van der Waals surface area contributed by atoms with Gasteiger partial charge in [0.1, 0.15) is 11.8 Å². The van der Waals surface area contributed by atoms with E-state index < -0.39 is 27.9 Å². The Morgan fingerprint density at radius 3 is 2.60 bits per heavy atom. The van der Waals surface area contributed by atoms with Crippen LogP contribution in [0.1, 0.15) is 38.2 Å². The molecule has 2 aliphatic rings. The molecule has 0 N–H and O–H groups in total. The predicted octanol–water partition coefficient (Wildman–Crippen LogP) is 4.29. The van der Waals surface area contributed by atoms with Crippen LogP contribution in [0.3, 0.4) is 0 Å². The summed E-state index contributed by atoms with van der Waals surface area (Å²) in [5.74, 6) is 0.560. The number of benzene rings is 1. The predicted molar refractivity (Wildman–Crippen MR) is 127 cm³/mol. The summed E-state index contributed by atoms with van der Waals surface area (Å²) in [6.45, 7) is 4.96. The largest absolute Gasteiger partial charge is 0.416 e. The van der Waals surface area contributed by atoms with Gasteiger partial charge in [0.25, 0.3) is 11.2 Å². The first-order valence-electron chi connectivity index (χ1n) is 11.3. The number of aromatic nitrogens is 1. The molecule has 190 valence electrons. The van der Waals surface area contributed by atoms with Gasteiger partial charge in [-0.05, 0) is 44.6 Å². The Morgan fingerprint density at radius 2 is 2.00 bits per heavy atom. The molecule has 35 heavy (non-hydrogen) atoms. The van der Waals surface area contributed by atoms with Gasteiger partial charge in [-0.1, -0.05) is 16.5 Å². The number of alkyl halides is 3. The second kappa shape index (κ2) is 10.1. The molecule has 2 aromatic rings. The van der Waals surface area contributed by atoms with Gasteiger partial charge in [-0.2, -0.15) is 18.2 Å². The van der Waals surface area contributed by atoms with Gasteiger partial charge in [0.2, 0.25) is 0 Å². The highest BCUT2D eigenvalue weighted by molar-refractivity contribution is 7.22. The fraction of sp³-hybridized carbons (Fsp3) is 0.591. The number of nitrogens with zero attached hydrogens (tertiary/aromatic N) is 5. The van der Waals surface area contributed by atoms with Crippen LogP contribution in [0.5, 0.6) is 0 Å². The summed E-state index contributed by atoms with van der Waals surface area (Å²) in [4.78, 5) is 36.5. The number of rotatable bonds is 5. The lowest BCUT2D eigenvalue weighted by atomic mass is 9.87. The van der Waals surface area contributed by atoms with Crippen LogP contribution in [0.4, 0.5) is 24.0 Å². The van der Waals surface area contributed by atoms with E-state index in [0.717, 1.165) is 62.4 Å². The molecule has 2 fully saturated rings. The molecule has 4 rings (SSSR count). The summed E-state index contributed by atoms with van der Waals surface area (Å²) in [5.41, 5.74) is -1.77. The van der Waals surface area contributed by atoms with Crippen molar-refractivity contribution in [2.45, 2.75) is 44.8 Å². The average Bonchev–Trinajstić information content (AvgIpc) is 2.79. The number of fused-ring (bicyclic) bond motifs is 1. The standard InChI is InChI=1S/C22H26F3N5O4S/c1-13-11-28(12-14-3-5-16(6-4-14)27-34-2)7-8-29(13)21-26-20(31)17-9-15(22(23,24)25)10-18(30(32)33)19(17)35-21/h9-10,13-14H,3-8,11-12H2,1-2H3/t13-,14?/m1/s1.